The summed E-state index contributed by atoms with van der Waals surface area (Å²) >= 11 is 3.68. The molecule has 1 nitrogen and oxygen atoms in total. The Balaban J connectivity index is 2.19. The van der Waals surface area contributed by atoms with E-state index < -0.39 is 0 Å². The molecular weight excluding hydrogens is 274 g/mol. The molecule has 92 valence electrons. The van der Waals surface area contributed by atoms with Crippen molar-refractivity contribution in [3.63, 3.8) is 0 Å². The summed E-state index contributed by atoms with van der Waals surface area (Å²) in [6, 6.07) is 4.64. The Labute approximate surface area is 112 Å². The van der Waals surface area contributed by atoms with Crippen molar-refractivity contribution in [3.8, 4) is 0 Å². The average molecular weight is 294 g/mol. The van der Waals surface area contributed by atoms with E-state index >= 15 is 0 Å². The van der Waals surface area contributed by atoms with Gasteiger partial charge in [0.1, 0.15) is 0 Å². The van der Waals surface area contributed by atoms with E-state index in [2.05, 4.69) is 54.2 Å². The molecule has 1 N–H and O–H groups in total. The molecule has 0 amide bonds. The van der Waals surface area contributed by atoms with Gasteiger partial charge in [-0.2, -0.15) is 0 Å². The van der Waals surface area contributed by atoms with E-state index in [1.807, 2.05) is 0 Å². The molecular formula is C15H20BrN. The van der Waals surface area contributed by atoms with Gasteiger partial charge in [-0.05, 0) is 49.9 Å². The number of hydrogen-bond acceptors (Lipinski definition) is 1. The molecule has 0 bridgehead atoms. The minimum Gasteiger partial charge on any atom is -0.379 e. The van der Waals surface area contributed by atoms with E-state index in [1.54, 1.807) is 0 Å². The van der Waals surface area contributed by atoms with E-state index in [0.29, 0.717) is 5.41 Å². The van der Waals surface area contributed by atoms with Gasteiger partial charge >= 0.3 is 0 Å². The fraction of sp³-hybridized carbons (Fsp3) is 0.600. The molecule has 2 unspecified atom stereocenters. The Morgan fingerprint density at radius 3 is 2.65 bits per heavy atom. The number of halogens is 1. The Kier molecular flexibility index (Phi) is 2.39. The largest absolute Gasteiger partial charge is 0.379 e. The Bertz CT molecular complexity index is 482. The second kappa shape index (κ2) is 3.50. The number of fused-ring (bicyclic) bond motifs is 3. The van der Waals surface area contributed by atoms with Crippen LogP contribution in [0.4, 0.5) is 5.69 Å². The summed E-state index contributed by atoms with van der Waals surface area (Å²) in [7, 11) is 0. The normalized spacial score (nSPS) is 35.1. The first-order chi connectivity index (χ1) is 7.96. The number of hydrogen-bond donors (Lipinski definition) is 1. The summed E-state index contributed by atoms with van der Waals surface area (Å²) in [6.45, 7) is 7.00. The fourth-order valence-corrected chi connectivity index (χ4v) is 4.02. The molecule has 2 aliphatic rings. The van der Waals surface area contributed by atoms with Crippen molar-refractivity contribution in [1.82, 2.24) is 0 Å². The zero-order valence-electron chi connectivity index (χ0n) is 10.9. The van der Waals surface area contributed by atoms with Gasteiger partial charge in [0.2, 0.25) is 0 Å². The van der Waals surface area contributed by atoms with Gasteiger partial charge in [-0.25, -0.2) is 0 Å². The molecule has 17 heavy (non-hydrogen) atoms. The van der Waals surface area contributed by atoms with Crippen LogP contribution in [0.1, 0.15) is 50.7 Å². The van der Waals surface area contributed by atoms with Crippen LogP contribution in [0.25, 0.3) is 0 Å². The number of benzene rings is 1. The molecule has 1 aromatic carbocycles. The van der Waals surface area contributed by atoms with Crippen LogP contribution in [0.5, 0.6) is 0 Å². The summed E-state index contributed by atoms with van der Waals surface area (Å²) in [5, 5.41) is 3.80. The molecule has 2 atom stereocenters. The third-order valence-corrected chi connectivity index (χ3v) is 5.98. The minimum absolute atomic E-state index is 0.251. The van der Waals surface area contributed by atoms with Crippen LogP contribution in [-0.2, 0) is 5.41 Å². The van der Waals surface area contributed by atoms with Gasteiger partial charge in [0, 0.05) is 21.1 Å². The van der Waals surface area contributed by atoms with Gasteiger partial charge in [0.15, 0.2) is 0 Å². The van der Waals surface area contributed by atoms with Crippen LogP contribution in [0.2, 0.25) is 0 Å². The van der Waals surface area contributed by atoms with E-state index in [1.165, 1.54) is 47.0 Å². The maximum absolute atomic E-state index is 3.80. The SMILES string of the molecule is Cc1cc2c(cc1Br)C1(C)CCCCC1(C)N2. The molecule has 0 aromatic heterocycles. The molecule has 0 radical (unpaired) electrons. The molecule has 2 heteroatoms. The zero-order chi connectivity index (χ0) is 12.3. The topological polar surface area (TPSA) is 12.0 Å². The molecule has 1 aliphatic carbocycles. The highest BCUT2D eigenvalue weighted by Crippen LogP contribution is 2.55. The smallest absolute Gasteiger partial charge is 0.0440 e. The Morgan fingerprint density at radius 2 is 1.88 bits per heavy atom. The maximum Gasteiger partial charge on any atom is 0.0440 e. The van der Waals surface area contributed by atoms with Crippen LogP contribution in [-0.4, -0.2) is 5.54 Å². The standard InChI is InChI=1S/C15H20BrN/c1-10-8-13-11(9-12(10)16)14(2)6-4-5-7-15(14,3)17-13/h8-9,17H,4-7H2,1-3H3. The lowest BCUT2D eigenvalue weighted by Gasteiger charge is -2.45. The first-order valence-corrected chi connectivity index (χ1v) is 7.34. The minimum atomic E-state index is 0.251. The fourth-order valence-electron chi connectivity index (χ4n) is 3.68. The van der Waals surface area contributed by atoms with Crippen molar-refractivity contribution < 1.29 is 0 Å². The lowest BCUT2D eigenvalue weighted by molar-refractivity contribution is 0.214. The van der Waals surface area contributed by atoms with Crippen LogP contribution in [0.15, 0.2) is 16.6 Å². The van der Waals surface area contributed by atoms with Gasteiger partial charge in [-0.15, -0.1) is 0 Å². The first-order valence-electron chi connectivity index (χ1n) is 6.55. The van der Waals surface area contributed by atoms with Crippen molar-refractivity contribution in [2.45, 2.75) is 57.4 Å². The summed E-state index contributed by atoms with van der Waals surface area (Å²) < 4.78 is 1.24. The van der Waals surface area contributed by atoms with E-state index in [0.717, 1.165) is 0 Å². The van der Waals surface area contributed by atoms with Crippen LogP contribution in [0.3, 0.4) is 0 Å². The Hall–Kier alpha value is -0.500. The van der Waals surface area contributed by atoms with Crippen molar-refractivity contribution in [2.24, 2.45) is 0 Å². The summed E-state index contributed by atoms with van der Waals surface area (Å²) in [5.74, 6) is 0. The molecule has 3 rings (SSSR count). The lowest BCUT2D eigenvalue weighted by Crippen LogP contribution is -2.50. The summed E-state index contributed by atoms with van der Waals surface area (Å²) in [4.78, 5) is 0. The van der Waals surface area contributed by atoms with Crippen LogP contribution >= 0.6 is 15.9 Å². The van der Waals surface area contributed by atoms with Crippen molar-refractivity contribution >= 4 is 21.6 Å². The van der Waals surface area contributed by atoms with Crippen molar-refractivity contribution in [2.75, 3.05) is 5.32 Å². The van der Waals surface area contributed by atoms with Crippen LogP contribution < -0.4 is 5.32 Å². The molecule has 1 aliphatic heterocycles. The highest BCUT2D eigenvalue weighted by atomic mass is 79.9. The summed E-state index contributed by atoms with van der Waals surface area (Å²) in [5.41, 5.74) is 4.74. The van der Waals surface area contributed by atoms with Crippen molar-refractivity contribution in [3.05, 3.63) is 27.7 Å². The molecule has 1 saturated carbocycles. The summed E-state index contributed by atoms with van der Waals surface area (Å²) in [6.07, 6.45) is 5.31. The van der Waals surface area contributed by atoms with Crippen molar-refractivity contribution in [1.29, 1.82) is 0 Å². The molecule has 1 heterocycles. The third-order valence-electron chi connectivity index (χ3n) is 5.13. The lowest BCUT2D eigenvalue weighted by atomic mass is 9.62. The van der Waals surface area contributed by atoms with E-state index in [9.17, 15) is 0 Å². The zero-order valence-corrected chi connectivity index (χ0v) is 12.4. The van der Waals surface area contributed by atoms with E-state index in [4.69, 9.17) is 0 Å². The number of nitrogens with one attached hydrogen (secondary N) is 1. The van der Waals surface area contributed by atoms with Gasteiger partial charge in [0.25, 0.3) is 0 Å². The quantitative estimate of drug-likeness (QED) is 0.726. The third kappa shape index (κ3) is 1.43. The second-order valence-electron chi connectivity index (χ2n) is 6.14. The number of rotatable bonds is 0. The second-order valence-corrected chi connectivity index (χ2v) is 7.00. The monoisotopic (exact) mass is 293 g/mol. The highest BCUT2D eigenvalue weighted by Gasteiger charge is 2.52. The highest BCUT2D eigenvalue weighted by molar-refractivity contribution is 9.10. The van der Waals surface area contributed by atoms with Gasteiger partial charge in [0.05, 0.1) is 0 Å². The van der Waals surface area contributed by atoms with Gasteiger partial charge < -0.3 is 5.32 Å². The first kappa shape index (κ1) is 11.6. The van der Waals surface area contributed by atoms with Gasteiger partial charge in [-0.3, -0.25) is 0 Å². The van der Waals surface area contributed by atoms with Gasteiger partial charge in [-0.1, -0.05) is 35.7 Å². The predicted molar refractivity (Wildman–Crippen MR) is 76.7 cm³/mol. The van der Waals surface area contributed by atoms with E-state index in [-0.39, 0.29) is 5.54 Å². The predicted octanol–water partition coefficient (Wildman–Crippen LogP) is 4.77. The number of aryl methyl sites for hydroxylation is 1. The molecule has 1 aromatic rings. The molecule has 0 spiro atoms. The van der Waals surface area contributed by atoms with Crippen LogP contribution in [0, 0.1) is 6.92 Å². The average Bonchev–Trinajstić information content (AvgIpc) is 2.48. The maximum atomic E-state index is 3.80. The molecule has 0 saturated heterocycles. The number of anilines is 1. The molecule has 1 fully saturated rings. The Morgan fingerprint density at radius 1 is 1.18 bits per heavy atom.